The molecule has 18 heavy (non-hydrogen) atoms. The normalized spacial score (nSPS) is 25.1. The predicted octanol–water partition coefficient (Wildman–Crippen LogP) is 1.75. The number of urea groups is 1. The van der Waals surface area contributed by atoms with Crippen LogP contribution in [0.25, 0.3) is 0 Å². The molecule has 5 nitrogen and oxygen atoms in total. The van der Waals surface area contributed by atoms with Gasteiger partial charge in [0.1, 0.15) is 0 Å². The van der Waals surface area contributed by atoms with Crippen molar-refractivity contribution in [3.05, 3.63) is 24.3 Å². The van der Waals surface area contributed by atoms with Gasteiger partial charge in [-0.3, -0.25) is 0 Å². The summed E-state index contributed by atoms with van der Waals surface area (Å²) in [6.07, 6.45) is 0.474. The summed E-state index contributed by atoms with van der Waals surface area (Å²) in [7, 11) is 0. The fourth-order valence-electron chi connectivity index (χ4n) is 2.18. The highest BCUT2D eigenvalue weighted by Crippen LogP contribution is 2.42. The van der Waals surface area contributed by atoms with Crippen molar-refractivity contribution < 1.29 is 9.90 Å². The monoisotopic (exact) mass is 249 g/mol. The number of benzene rings is 1. The van der Waals surface area contributed by atoms with Gasteiger partial charge in [0.2, 0.25) is 0 Å². The molecular formula is C13H19N3O2. The van der Waals surface area contributed by atoms with Gasteiger partial charge >= 0.3 is 6.03 Å². The number of anilines is 2. The maximum atomic E-state index is 10.8. The van der Waals surface area contributed by atoms with Gasteiger partial charge in [-0.25, -0.2) is 4.79 Å². The van der Waals surface area contributed by atoms with E-state index in [1.807, 2.05) is 32.0 Å². The Morgan fingerprint density at radius 2 is 2.11 bits per heavy atom. The molecule has 0 aromatic heterocycles. The van der Waals surface area contributed by atoms with E-state index in [0.29, 0.717) is 5.69 Å². The molecule has 1 saturated carbocycles. The lowest BCUT2D eigenvalue weighted by atomic mass is 9.64. The summed E-state index contributed by atoms with van der Waals surface area (Å²) in [5.41, 5.74) is 6.51. The number of carbonyl (C=O) groups excluding carboxylic acids is 1. The molecule has 0 aliphatic heterocycles. The maximum absolute atomic E-state index is 10.8. The molecule has 2 unspecified atom stereocenters. The van der Waals surface area contributed by atoms with E-state index in [0.717, 1.165) is 12.1 Å². The molecule has 2 amide bonds. The van der Waals surface area contributed by atoms with Crippen molar-refractivity contribution in [2.24, 2.45) is 11.1 Å². The molecule has 98 valence electrons. The lowest BCUT2D eigenvalue weighted by Gasteiger charge is -2.49. The first-order valence-electron chi connectivity index (χ1n) is 6.00. The van der Waals surface area contributed by atoms with Crippen LogP contribution in [0.15, 0.2) is 24.3 Å². The van der Waals surface area contributed by atoms with Gasteiger partial charge in [-0.05, 0) is 24.6 Å². The topological polar surface area (TPSA) is 87.4 Å². The minimum atomic E-state index is -0.577. The summed E-state index contributed by atoms with van der Waals surface area (Å²) in [5.74, 6) is 0. The second-order valence-corrected chi connectivity index (χ2v) is 5.34. The minimum absolute atomic E-state index is 0.132. The molecular weight excluding hydrogens is 230 g/mol. The molecule has 5 heteroatoms. The molecule has 1 aromatic carbocycles. The Hall–Kier alpha value is -1.75. The summed E-state index contributed by atoms with van der Waals surface area (Å²) >= 11 is 0. The molecule has 0 spiro atoms. The van der Waals surface area contributed by atoms with Crippen molar-refractivity contribution in [1.82, 2.24) is 0 Å². The van der Waals surface area contributed by atoms with E-state index in [-0.39, 0.29) is 17.6 Å². The number of amides is 2. The fourth-order valence-corrected chi connectivity index (χ4v) is 2.18. The summed E-state index contributed by atoms with van der Waals surface area (Å²) in [6.45, 7) is 4.06. The highest BCUT2D eigenvalue weighted by molar-refractivity contribution is 5.88. The number of hydrogen-bond acceptors (Lipinski definition) is 3. The standard InChI is InChI=1S/C13H19N3O2/c1-13(2)10(7-11(13)17)15-8-4-3-5-9(6-8)16-12(14)18/h3-6,10-11,15,17H,7H2,1-2H3,(H3,14,16,18). The minimum Gasteiger partial charge on any atom is -0.392 e. The molecule has 1 aromatic rings. The Balaban J connectivity index is 2.04. The Kier molecular flexibility index (Phi) is 3.17. The Bertz CT molecular complexity index is 459. The maximum Gasteiger partial charge on any atom is 0.316 e. The van der Waals surface area contributed by atoms with E-state index in [9.17, 15) is 9.90 Å². The smallest absolute Gasteiger partial charge is 0.316 e. The van der Waals surface area contributed by atoms with Crippen LogP contribution < -0.4 is 16.4 Å². The van der Waals surface area contributed by atoms with Crippen molar-refractivity contribution in [3.63, 3.8) is 0 Å². The molecule has 0 bridgehead atoms. The quantitative estimate of drug-likeness (QED) is 0.658. The molecule has 2 atom stereocenters. The lowest BCUT2D eigenvalue weighted by Crippen LogP contribution is -2.56. The van der Waals surface area contributed by atoms with Gasteiger partial charge in [0.15, 0.2) is 0 Å². The molecule has 5 N–H and O–H groups in total. The number of aliphatic hydroxyl groups is 1. The number of carbonyl (C=O) groups is 1. The van der Waals surface area contributed by atoms with Crippen molar-refractivity contribution >= 4 is 17.4 Å². The van der Waals surface area contributed by atoms with Crippen LogP contribution in [0.3, 0.4) is 0 Å². The van der Waals surface area contributed by atoms with E-state index in [1.54, 1.807) is 6.07 Å². The van der Waals surface area contributed by atoms with Gasteiger partial charge in [0.05, 0.1) is 6.10 Å². The van der Waals surface area contributed by atoms with Crippen molar-refractivity contribution in [2.45, 2.75) is 32.4 Å². The molecule has 1 aliphatic rings. The number of aliphatic hydroxyl groups excluding tert-OH is 1. The summed E-state index contributed by atoms with van der Waals surface area (Å²) in [4.78, 5) is 10.8. The van der Waals surface area contributed by atoms with Crippen LogP contribution in [0.1, 0.15) is 20.3 Å². The van der Waals surface area contributed by atoms with Crippen LogP contribution in [0, 0.1) is 5.41 Å². The average Bonchev–Trinajstić information content (AvgIpc) is 2.28. The van der Waals surface area contributed by atoms with Crippen LogP contribution in [-0.2, 0) is 0 Å². The number of nitrogens with one attached hydrogen (secondary N) is 2. The van der Waals surface area contributed by atoms with E-state index in [1.165, 1.54) is 0 Å². The molecule has 0 saturated heterocycles. The van der Waals surface area contributed by atoms with Crippen molar-refractivity contribution in [3.8, 4) is 0 Å². The van der Waals surface area contributed by atoms with Crippen LogP contribution >= 0.6 is 0 Å². The largest absolute Gasteiger partial charge is 0.392 e. The van der Waals surface area contributed by atoms with E-state index in [2.05, 4.69) is 10.6 Å². The van der Waals surface area contributed by atoms with Gasteiger partial charge in [-0.2, -0.15) is 0 Å². The first kappa shape index (κ1) is 12.7. The average molecular weight is 249 g/mol. The highest BCUT2D eigenvalue weighted by atomic mass is 16.3. The molecule has 1 fully saturated rings. The molecule has 0 radical (unpaired) electrons. The van der Waals surface area contributed by atoms with Crippen LogP contribution in [0.2, 0.25) is 0 Å². The first-order valence-corrected chi connectivity index (χ1v) is 6.00. The highest BCUT2D eigenvalue weighted by Gasteiger charge is 2.47. The Morgan fingerprint density at radius 1 is 1.44 bits per heavy atom. The van der Waals surface area contributed by atoms with Crippen LogP contribution in [-0.4, -0.2) is 23.3 Å². The van der Waals surface area contributed by atoms with E-state index in [4.69, 9.17) is 5.73 Å². The predicted molar refractivity (Wildman–Crippen MR) is 71.5 cm³/mol. The zero-order valence-corrected chi connectivity index (χ0v) is 10.6. The van der Waals surface area contributed by atoms with Gasteiger partial charge < -0.3 is 21.5 Å². The summed E-state index contributed by atoms with van der Waals surface area (Å²) in [6, 6.07) is 7.02. The van der Waals surface area contributed by atoms with Gasteiger partial charge in [-0.1, -0.05) is 19.9 Å². The van der Waals surface area contributed by atoms with Gasteiger partial charge in [-0.15, -0.1) is 0 Å². The Labute approximate surface area is 106 Å². The first-order chi connectivity index (χ1) is 8.39. The van der Waals surface area contributed by atoms with Gasteiger partial charge in [0, 0.05) is 22.8 Å². The zero-order valence-electron chi connectivity index (χ0n) is 10.6. The van der Waals surface area contributed by atoms with Gasteiger partial charge in [0.25, 0.3) is 0 Å². The second-order valence-electron chi connectivity index (χ2n) is 5.34. The third kappa shape index (κ3) is 2.41. The SMILES string of the molecule is CC1(C)C(O)CC1Nc1cccc(NC(N)=O)c1. The van der Waals surface area contributed by atoms with Crippen molar-refractivity contribution in [1.29, 1.82) is 0 Å². The molecule has 1 aliphatic carbocycles. The van der Waals surface area contributed by atoms with Crippen molar-refractivity contribution in [2.75, 3.05) is 10.6 Å². The zero-order chi connectivity index (χ0) is 13.3. The van der Waals surface area contributed by atoms with E-state index >= 15 is 0 Å². The number of rotatable bonds is 3. The summed E-state index contributed by atoms with van der Waals surface area (Å²) < 4.78 is 0. The fraction of sp³-hybridized carbons (Fsp3) is 0.462. The lowest BCUT2D eigenvalue weighted by molar-refractivity contribution is -0.0510. The summed E-state index contributed by atoms with van der Waals surface area (Å²) in [5, 5.41) is 15.6. The number of hydrogen-bond donors (Lipinski definition) is 4. The number of primary amides is 1. The van der Waals surface area contributed by atoms with Crippen LogP contribution in [0.4, 0.5) is 16.2 Å². The molecule has 2 rings (SSSR count). The number of nitrogens with two attached hydrogens (primary N) is 1. The molecule has 0 heterocycles. The van der Waals surface area contributed by atoms with Crippen LogP contribution in [0.5, 0.6) is 0 Å². The third-order valence-corrected chi connectivity index (χ3v) is 3.69. The third-order valence-electron chi connectivity index (χ3n) is 3.69. The second kappa shape index (κ2) is 4.49. The Morgan fingerprint density at radius 3 is 2.67 bits per heavy atom. The van der Waals surface area contributed by atoms with E-state index < -0.39 is 6.03 Å².